The Morgan fingerprint density at radius 3 is 2.86 bits per heavy atom. The molecule has 2 aromatic heterocycles. The Balaban J connectivity index is 1.70. The number of aromatic nitrogens is 2. The normalized spacial score (nSPS) is 10.5. The molecule has 106 valence electrons. The molecule has 0 fully saturated rings. The quantitative estimate of drug-likeness (QED) is 0.738. The van der Waals surface area contributed by atoms with Gasteiger partial charge in [-0.05, 0) is 28.6 Å². The van der Waals surface area contributed by atoms with Crippen LogP contribution in [0.4, 0.5) is 10.6 Å². The van der Waals surface area contributed by atoms with Crippen LogP contribution in [0.5, 0.6) is 0 Å². The third kappa shape index (κ3) is 3.29. The number of halogens is 1. The van der Waals surface area contributed by atoms with Gasteiger partial charge >= 0.3 is 6.09 Å². The maximum atomic E-state index is 11.8. The van der Waals surface area contributed by atoms with Crippen LogP contribution in [0.2, 0.25) is 5.28 Å². The molecule has 0 atom stereocenters. The second-order valence-electron chi connectivity index (χ2n) is 4.17. The number of hydrogen-bond acceptors (Lipinski definition) is 5. The molecule has 1 N–H and O–H groups in total. The van der Waals surface area contributed by atoms with E-state index in [1.165, 1.54) is 11.3 Å². The van der Waals surface area contributed by atoms with Crippen molar-refractivity contribution in [3.63, 3.8) is 0 Å². The first-order valence-corrected chi connectivity index (χ1v) is 7.36. The number of amides is 1. The molecule has 7 heteroatoms. The molecule has 21 heavy (non-hydrogen) atoms. The number of fused-ring (bicyclic) bond motifs is 1. The summed E-state index contributed by atoms with van der Waals surface area (Å²) in [6, 6.07) is 11.3. The van der Waals surface area contributed by atoms with E-state index in [1.54, 1.807) is 0 Å². The smallest absolute Gasteiger partial charge is 0.413 e. The van der Waals surface area contributed by atoms with Gasteiger partial charge in [0.2, 0.25) is 5.28 Å². The fourth-order valence-electron chi connectivity index (χ4n) is 1.78. The first kappa shape index (κ1) is 13.8. The van der Waals surface area contributed by atoms with Crippen LogP contribution in [-0.2, 0) is 11.3 Å². The van der Waals surface area contributed by atoms with Crippen molar-refractivity contribution in [2.24, 2.45) is 0 Å². The largest absolute Gasteiger partial charge is 0.444 e. The summed E-state index contributed by atoms with van der Waals surface area (Å²) in [6.07, 6.45) is -0.582. The van der Waals surface area contributed by atoms with Crippen molar-refractivity contribution in [1.29, 1.82) is 0 Å². The Kier molecular flexibility index (Phi) is 3.98. The SMILES string of the molecule is O=C(Nc1nc(Cl)nc2sccc12)OCc1ccccc1. The Morgan fingerprint density at radius 1 is 1.24 bits per heavy atom. The van der Waals surface area contributed by atoms with Gasteiger partial charge in [0.1, 0.15) is 17.3 Å². The van der Waals surface area contributed by atoms with Gasteiger partial charge in [-0.15, -0.1) is 11.3 Å². The van der Waals surface area contributed by atoms with E-state index in [0.29, 0.717) is 10.6 Å². The van der Waals surface area contributed by atoms with E-state index in [9.17, 15) is 4.79 Å². The minimum Gasteiger partial charge on any atom is -0.444 e. The van der Waals surface area contributed by atoms with Crippen LogP contribution in [0.3, 0.4) is 0 Å². The number of carbonyl (C=O) groups excluding carboxylic acids is 1. The number of nitrogens with zero attached hydrogens (tertiary/aromatic N) is 2. The number of benzene rings is 1. The van der Waals surface area contributed by atoms with Crippen molar-refractivity contribution in [2.45, 2.75) is 6.61 Å². The highest BCUT2D eigenvalue weighted by atomic mass is 35.5. The van der Waals surface area contributed by atoms with E-state index >= 15 is 0 Å². The average molecular weight is 320 g/mol. The maximum Gasteiger partial charge on any atom is 0.413 e. The molecule has 0 saturated carbocycles. The highest BCUT2D eigenvalue weighted by molar-refractivity contribution is 7.16. The van der Waals surface area contributed by atoms with Gasteiger partial charge < -0.3 is 4.74 Å². The van der Waals surface area contributed by atoms with Crippen molar-refractivity contribution >= 4 is 45.1 Å². The average Bonchev–Trinajstić information content (AvgIpc) is 2.94. The van der Waals surface area contributed by atoms with Gasteiger partial charge in [-0.1, -0.05) is 30.3 Å². The number of ether oxygens (including phenoxy) is 1. The number of rotatable bonds is 3. The van der Waals surface area contributed by atoms with Crippen molar-refractivity contribution in [3.8, 4) is 0 Å². The molecule has 0 saturated heterocycles. The zero-order valence-corrected chi connectivity index (χ0v) is 12.3. The van der Waals surface area contributed by atoms with Crippen LogP contribution in [0.1, 0.15) is 5.56 Å². The van der Waals surface area contributed by atoms with Gasteiger partial charge in [-0.25, -0.2) is 9.78 Å². The van der Waals surface area contributed by atoms with Crippen LogP contribution in [0.25, 0.3) is 10.2 Å². The summed E-state index contributed by atoms with van der Waals surface area (Å²) < 4.78 is 5.15. The van der Waals surface area contributed by atoms with Gasteiger partial charge in [0.15, 0.2) is 0 Å². The lowest BCUT2D eigenvalue weighted by Gasteiger charge is -2.07. The van der Waals surface area contributed by atoms with E-state index < -0.39 is 6.09 Å². The summed E-state index contributed by atoms with van der Waals surface area (Å²) in [4.78, 5) is 20.6. The molecule has 2 heterocycles. The highest BCUT2D eigenvalue weighted by Gasteiger charge is 2.11. The molecule has 5 nitrogen and oxygen atoms in total. The van der Waals surface area contributed by atoms with Crippen molar-refractivity contribution in [3.05, 3.63) is 52.6 Å². The molecule has 0 radical (unpaired) electrons. The third-order valence-electron chi connectivity index (χ3n) is 2.73. The summed E-state index contributed by atoms with van der Waals surface area (Å²) in [5, 5.41) is 5.27. The number of anilines is 1. The Hall–Kier alpha value is -2.18. The molecule has 0 bridgehead atoms. The van der Waals surface area contributed by atoms with Crippen molar-refractivity contribution < 1.29 is 9.53 Å². The van der Waals surface area contributed by atoms with Gasteiger partial charge in [0, 0.05) is 0 Å². The molecule has 1 aromatic carbocycles. The van der Waals surface area contributed by atoms with E-state index in [2.05, 4.69) is 15.3 Å². The van der Waals surface area contributed by atoms with Crippen molar-refractivity contribution in [1.82, 2.24) is 9.97 Å². The van der Waals surface area contributed by atoms with Crippen LogP contribution in [0, 0.1) is 0 Å². The number of thiophene rings is 1. The molecule has 0 spiro atoms. The summed E-state index contributed by atoms with van der Waals surface area (Å²) in [5.41, 5.74) is 0.911. The Labute approximate surface area is 129 Å². The topological polar surface area (TPSA) is 64.1 Å². The Bertz CT molecular complexity index is 776. The highest BCUT2D eigenvalue weighted by Crippen LogP contribution is 2.26. The van der Waals surface area contributed by atoms with E-state index in [-0.39, 0.29) is 11.9 Å². The molecule has 0 unspecified atom stereocenters. The fraction of sp³-hybridized carbons (Fsp3) is 0.0714. The summed E-state index contributed by atoms with van der Waals surface area (Å²) in [7, 11) is 0. The van der Waals surface area contributed by atoms with E-state index in [1.807, 2.05) is 41.8 Å². The predicted octanol–water partition coefficient (Wildman–Crippen LogP) is 4.09. The molecule has 0 aliphatic rings. The minimum absolute atomic E-state index is 0.0864. The van der Waals surface area contributed by atoms with E-state index in [4.69, 9.17) is 16.3 Å². The summed E-state index contributed by atoms with van der Waals surface area (Å²) in [5.74, 6) is 0.351. The molecule has 3 aromatic rings. The molecule has 1 amide bonds. The second kappa shape index (κ2) is 6.07. The predicted molar refractivity (Wildman–Crippen MR) is 82.7 cm³/mol. The number of nitrogens with one attached hydrogen (secondary N) is 1. The second-order valence-corrected chi connectivity index (χ2v) is 5.40. The molecular weight excluding hydrogens is 310 g/mol. The molecule has 0 aliphatic carbocycles. The lowest BCUT2D eigenvalue weighted by molar-refractivity contribution is 0.155. The zero-order valence-electron chi connectivity index (χ0n) is 10.7. The molecule has 0 aliphatic heterocycles. The third-order valence-corrected chi connectivity index (χ3v) is 3.71. The zero-order chi connectivity index (χ0) is 14.7. The monoisotopic (exact) mass is 319 g/mol. The van der Waals surface area contributed by atoms with Gasteiger partial charge in [0.25, 0.3) is 0 Å². The lowest BCUT2D eigenvalue weighted by Crippen LogP contribution is -2.14. The van der Waals surface area contributed by atoms with Crippen LogP contribution in [-0.4, -0.2) is 16.1 Å². The van der Waals surface area contributed by atoms with Crippen LogP contribution < -0.4 is 5.32 Å². The fourth-order valence-corrected chi connectivity index (χ4v) is 2.76. The number of carbonyl (C=O) groups is 1. The van der Waals surface area contributed by atoms with Crippen LogP contribution in [0.15, 0.2) is 41.8 Å². The minimum atomic E-state index is -0.582. The van der Waals surface area contributed by atoms with Gasteiger partial charge in [-0.3, -0.25) is 5.32 Å². The summed E-state index contributed by atoms with van der Waals surface area (Å²) in [6.45, 7) is 0.193. The van der Waals surface area contributed by atoms with Crippen molar-refractivity contribution in [2.75, 3.05) is 5.32 Å². The number of hydrogen-bond donors (Lipinski definition) is 1. The lowest BCUT2D eigenvalue weighted by atomic mass is 10.2. The maximum absolute atomic E-state index is 11.8. The molecular formula is C14H10ClN3O2S. The standard InChI is InChI=1S/C14H10ClN3O2S/c15-13-16-11(10-6-7-21-12(10)18-13)17-14(19)20-8-9-4-2-1-3-5-9/h1-7H,8H2,(H,16,17,18,19). The first-order valence-electron chi connectivity index (χ1n) is 6.11. The Morgan fingerprint density at radius 2 is 2.05 bits per heavy atom. The molecule has 3 rings (SSSR count). The first-order chi connectivity index (χ1) is 10.2. The van der Waals surface area contributed by atoms with E-state index in [0.717, 1.165) is 10.9 Å². The summed E-state index contributed by atoms with van der Waals surface area (Å²) >= 11 is 7.25. The van der Waals surface area contributed by atoms with Gasteiger partial charge in [0.05, 0.1) is 5.39 Å². The van der Waals surface area contributed by atoms with Gasteiger partial charge in [-0.2, -0.15) is 4.98 Å². The van der Waals surface area contributed by atoms with Crippen LogP contribution >= 0.6 is 22.9 Å².